The summed E-state index contributed by atoms with van der Waals surface area (Å²) < 4.78 is 124. The van der Waals surface area contributed by atoms with Crippen LogP contribution in [-0.2, 0) is 0 Å². The van der Waals surface area contributed by atoms with Crippen LogP contribution in [0.2, 0.25) is 0 Å². The van der Waals surface area contributed by atoms with E-state index in [4.69, 9.17) is 15.7 Å². The van der Waals surface area contributed by atoms with E-state index in [0.29, 0.717) is 77.2 Å². The van der Waals surface area contributed by atoms with Crippen LogP contribution in [0.1, 0.15) is 17.8 Å². The molecule has 59 heavy (non-hydrogen) atoms. The zero-order valence-corrected chi connectivity index (χ0v) is 31.2. The summed E-state index contributed by atoms with van der Waals surface area (Å²) in [6.45, 7) is 0. The molecule has 11 aromatic rings. The van der Waals surface area contributed by atoms with Gasteiger partial charge in [0.25, 0.3) is 0 Å². The second-order valence-corrected chi connectivity index (χ2v) is 14.5. The van der Waals surface area contributed by atoms with E-state index < -0.39 is 36.3 Å². The first kappa shape index (κ1) is 22.9. The molecule has 0 spiro atoms. The number of hydrogen-bond acceptors (Lipinski definition) is 1. The van der Waals surface area contributed by atoms with E-state index in [1.54, 1.807) is 24.3 Å². The highest BCUT2D eigenvalue weighted by molar-refractivity contribution is 6.28. The van der Waals surface area contributed by atoms with Crippen molar-refractivity contribution in [2.75, 3.05) is 0 Å². The Balaban J connectivity index is 1.17. The summed E-state index contributed by atoms with van der Waals surface area (Å²) in [5, 5.41) is 5.11. The molecule has 0 unspecified atom stereocenters. The normalized spacial score (nSPS) is 14.9. The molecule has 0 radical (unpaired) electrons. The van der Waals surface area contributed by atoms with E-state index in [-0.39, 0.29) is 70.1 Å². The van der Waals surface area contributed by atoms with Gasteiger partial charge in [-0.1, -0.05) is 182 Å². The molecular weight excluding hydrogens is 713 g/mol. The van der Waals surface area contributed by atoms with Crippen LogP contribution in [0.15, 0.2) is 218 Å². The van der Waals surface area contributed by atoms with Crippen LogP contribution in [0.3, 0.4) is 0 Å². The minimum absolute atomic E-state index is 0.0303. The van der Waals surface area contributed by atoms with E-state index in [2.05, 4.69) is 0 Å². The number of ether oxygens (including phenoxy) is 1. The molecule has 0 fully saturated rings. The molecule has 1 heteroatoms. The van der Waals surface area contributed by atoms with Crippen molar-refractivity contribution in [1.29, 1.82) is 0 Å². The highest BCUT2D eigenvalue weighted by Gasteiger charge is 2.24. The van der Waals surface area contributed by atoms with Gasteiger partial charge in [0.1, 0.15) is 11.5 Å². The van der Waals surface area contributed by atoms with Gasteiger partial charge in [-0.2, -0.15) is 0 Å². The van der Waals surface area contributed by atoms with Gasteiger partial charge < -0.3 is 4.74 Å². The third kappa shape index (κ3) is 5.40. The zero-order valence-electron chi connectivity index (χ0n) is 44.2. The smallest absolute Gasteiger partial charge is 0.135 e. The average molecular weight is 762 g/mol. The molecule has 0 amide bonds. The van der Waals surface area contributed by atoms with E-state index in [1.165, 1.54) is 0 Å². The van der Waals surface area contributed by atoms with Gasteiger partial charge in [0.15, 0.2) is 0 Å². The van der Waals surface area contributed by atoms with Gasteiger partial charge in [-0.15, -0.1) is 0 Å². The lowest BCUT2D eigenvalue weighted by Gasteiger charge is -2.23. The molecule has 0 atom stereocenters. The minimum Gasteiger partial charge on any atom is -0.456 e. The predicted octanol–water partition coefficient (Wildman–Crippen LogP) is 16.4. The topological polar surface area (TPSA) is 9.23 Å². The SMILES string of the molecule is [2H]c1c([2H])c([2H])c(-c2ccc3c4c(cccc24)-c2cc(-c4c([2H])c(-c5ccccc5)c([2H])c(-c5c6ccccc6c(-c6c([2H])c([2H])c([2H])c([2H])c6[2H])c6c5ccc5ccccc56)c4[2H])ccc2O3)c([2H])c1[2H]. The van der Waals surface area contributed by atoms with Crippen molar-refractivity contribution in [3.05, 3.63) is 218 Å². The van der Waals surface area contributed by atoms with Gasteiger partial charge in [0.05, 0.1) is 17.8 Å². The Morgan fingerprint density at radius 2 is 0.966 bits per heavy atom. The first-order valence-corrected chi connectivity index (χ1v) is 19.3. The van der Waals surface area contributed by atoms with Crippen molar-refractivity contribution in [2.24, 2.45) is 0 Å². The van der Waals surface area contributed by atoms with Crippen LogP contribution >= 0.6 is 0 Å². The Morgan fingerprint density at radius 3 is 1.76 bits per heavy atom. The summed E-state index contributed by atoms with van der Waals surface area (Å²) in [5.41, 5.74) is 4.65. The van der Waals surface area contributed by atoms with Crippen LogP contribution in [0, 0.1) is 0 Å². The second kappa shape index (κ2) is 13.4. The Morgan fingerprint density at radius 1 is 0.322 bits per heavy atom. The van der Waals surface area contributed by atoms with Gasteiger partial charge in [-0.25, -0.2) is 0 Å². The number of hydrogen-bond donors (Lipinski definition) is 0. The molecule has 1 nitrogen and oxygen atoms in total. The lowest BCUT2D eigenvalue weighted by Crippen LogP contribution is -1.98. The second-order valence-electron chi connectivity index (χ2n) is 14.5. The summed E-state index contributed by atoms with van der Waals surface area (Å²) in [7, 11) is 0. The first-order chi connectivity index (χ1) is 34.7. The zero-order chi connectivity index (χ0) is 50.2. The summed E-state index contributed by atoms with van der Waals surface area (Å²) in [4.78, 5) is 0. The Labute approximate surface area is 361 Å². The van der Waals surface area contributed by atoms with Gasteiger partial charge in [-0.05, 0) is 135 Å². The van der Waals surface area contributed by atoms with Crippen molar-refractivity contribution in [2.45, 2.75) is 0 Å². The van der Waals surface area contributed by atoms with Crippen LogP contribution in [0.4, 0.5) is 0 Å². The number of rotatable bonds is 5. The van der Waals surface area contributed by atoms with Crippen LogP contribution < -0.4 is 4.74 Å². The molecule has 274 valence electrons. The molecular formula is C58H36O. The molecule has 1 aliphatic heterocycles. The maximum atomic E-state index is 10.3. The monoisotopic (exact) mass is 761 g/mol. The highest BCUT2D eigenvalue weighted by atomic mass is 16.5. The summed E-state index contributed by atoms with van der Waals surface area (Å²) in [6, 6.07) is 38.1. The lowest BCUT2D eigenvalue weighted by molar-refractivity contribution is 0.487. The van der Waals surface area contributed by atoms with Crippen molar-refractivity contribution >= 4 is 43.1 Å². The van der Waals surface area contributed by atoms with E-state index in [1.807, 2.05) is 115 Å². The van der Waals surface area contributed by atoms with Gasteiger partial charge in [0, 0.05) is 10.9 Å². The summed E-state index contributed by atoms with van der Waals surface area (Å²) in [5.74, 6) is 1.00. The van der Waals surface area contributed by atoms with Crippen LogP contribution in [-0.4, -0.2) is 0 Å². The molecule has 0 N–H and O–H groups in total. The Kier molecular flexibility index (Phi) is 5.21. The average Bonchev–Trinajstić information content (AvgIpc) is 3.40. The van der Waals surface area contributed by atoms with Crippen LogP contribution in [0.25, 0.3) is 110 Å². The molecule has 11 aromatic carbocycles. The lowest BCUT2D eigenvalue weighted by atomic mass is 9.82. The van der Waals surface area contributed by atoms with Gasteiger partial charge in [-0.3, -0.25) is 0 Å². The molecule has 0 bridgehead atoms. The standard InChI is InChI=1S/C58H36O/c1-4-15-37(16-5-1)42-33-43(41-28-31-53-52(36-41)50-26-14-25-47-45(38-17-6-2-7-18-38)30-32-54(59-53)57(47)50)35-44(34-42)55-48-23-12-13-24-49(48)56(40-20-8-3-9-21-40)58-46-22-11-10-19-39(46)27-29-51(55)58/h1-36H/i2D,3D,6D,7D,8D,9D,17D,18D,20D,21D,33D,34D,35D. The molecule has 0 saturated heterocycles. The molecule has 12 rings (SSSR count). The first-order valence-electron chi connectivity index (χ1n) is 25.8. The third-order valence-electron chi connectivity index (χ3n) is 11.3. The molecule has 0 aliphatic carbocycles. The van der Waals surface area contributed by atoms with Crippen molar-refractivity contribution in [3.8, 4) is 78.3 Å². The third-order valence-corrected chi connectivity index (χ3v) is 11.3. The largest absolute Gasteiger partial charge is 0.456 e. The van der Waals surface area contributed by atoms with Crippen molar-refractivity contribution in [3.63, 3.8) is 0 Å². The number of benzene rings is 11. The van der Waals surface area contributed by atoms with E-state index in [9.17, 15) is 6.85 Å². The molecule has 1 aliphatic rings. The van der Waals surface area contributed by atoms with E-state index >= 15 is 0 Å². The predicted molar refractivity (Wildman–Crippen MR) is 249 cm³/mol. The Hall–Kier alpha value is -7.74. The summed E-state index contributed by atoms with van der Waals surface area (Å²) in [6.07, 6.45) is 0. The molecule has 1 heterocycles. The fourth-order valence-corrected chi connectivity index (χ4v) is 8.73. The van der Waals surface area contributed by atoms with Crippen molar-refractivity contribution < 1.29 is 22.6 Å². The molecule has 0 aromatic heterocycles. The van der Waals surface area contributed by atoms with Crippen LogP contribution in [0.5, 0.6) is 11.5 Å². The maximum Gasteiger partial charge on any atom is 0.135 e. The fraction of sp³-hybridized carbons (Fsp3) is 0. The molecule has 0 saturated carbocycles. The fourth-order valence-electron chi connectivity index (χ4n) is 8.73. The number of fused-ring (bicyclic) bond motifs is 6. The van der Waals surface area contributed by atoms with Crippen molar-refractivity contribution in [1.82, 2.24) is 0 Å². The van der Waals surface area contributed by atoms with Gasteiger partial charge >= 0.3 is 0 Å². The van der Waals surface area contributed by atoms with E-state index in [0.717, 1.165) is 16.3 Å². The maximum absolute atomic E-state index is 10.3. The van der Waals surface area contributed by atoms with Gasteiger partial charge in [0.2, 0.25) is 0 Å². The highest BCUT2D eigenvalue weighted by Crippen LogP contribution is 2.51. The minimum atomic E-state index is -0.509. The summed E-state index contributed by atoms with van der Waals surface area (Å²) >= 11 is 0. The Bertz CT molecular complexity index is 4170. The quantitative estimate of drug-likeness (QED) is 0.125.